The van der Waals surface area contributed by atoms with Crippen LogP contribution in [0, 0.1) is 11.2 Å². The van der Waals surface area contributed by atoms with E-state index in [1.54, 1.807) is 6.07 Å². The van der Waals surface area contributed by atoms with Gasteiger partial charge in [0.2, 0.25) is 0 Å². The van der Waals surface area contributed by atoms with Crippen molar-refractivity contribution in [3.05, 3.63) is 29.6 Å². The van der Waals surface area contributed by atoms with E-state index in [-0.39, 0.29) is 29.8 Å². The molecule has 1 aromatic rings. The smallest absolute Gasteiger partial charge is 0.193 e. The van der Waals surface area contributed by atoms with Gasteiger partial charge in [0.1, 0.15) is 5.82 Å². The summed E-state index contributed by atoms with van der Waals surface area (Å²) in [5, 5.41) is 3.45. The Balaban J connectivity index is 0.00000240. The molecule has 0 atom stereocenters. The van der Waals surface area contributed by atoms with Crippen LogP contribution in [0.15, 0.2) is 23.2 Å². The summed E-state index contributed by atoms with van der Waals surface area (Å²) < 4.78 is 20.0. The van der Waals surface area contributed by atoms with Crippen LogP contribution in [0.3, 0.4) is 0 Å². The van der Waals surface area contributed by atoms with E-state index in [1.807, 2.05) is 19.2 Å². The number of halogens is 2. The monoisotopic (exact) mass is 516 g/mol. The molecule has 2 heterocycles. The van der Waals surface area contributed by atoms with Crippen LogP contribution in [0.1, 0.15) is 44.1 Å². The normalized spacial score (nSPS) is 21.9. The van der Waals surface area contributed by atoms with E-state index in [9.17, 15) is 4.39 Å². The zero-order valence-electron chi connectivity index (χ0n) is 17.5. The Kier molecular flexibility index (Phi) is 8.01. The molecule has 0 amide bonds. The minimum atomic E-state index is -0.154. The number of aliphatic imine (C=N–C) groups is 1. The molecule has 2 saturated heterocycles. The highest BCUT2D eigenvalue weighted by Crippen LogP contribution is 2.43. The van der Waals surface area contributed by atoms with Crippen LogP contribution in [0.5, 0.6) is 0 Å². The van der Waals surface area contributed by atoms with E-state index in [0.717, 1.165) is 37.7 Å². The fraction of sp³-hybridized carbons (Fsp3) is 0.682. The van der Waals surface area contributed by atoms with Gasteiger partial charge >= 0.3 is 0 Å². The van der Waals surface area contributed by atoms with Gasteiger partial charge in [0.15, 0.2) is 5.96 Å². The molecular weight excluding hydrogens is 482 g/mol. The third-order valence-electron chi connectivity index (χ3n) is 6.68. The topological polar surface area (TPSA) is 40.1 Å². The maximum absolute atomic E-state index is 14.6. The zero-order chi connectivity index (χ0) is 19.4. The number of nitrogens with zero attached hydrogens (tertiary/aromatic N) is 3. The molecule has 0 aromatic heterocycles. The molecule has 1 saturated carbocycles. The number of benzene rings is 1. The number of hydrogen-bond donors (Lipinski definition) is 1. The van der Waals surface area contributed by atoms with Crippen molar-refractivity contribution in [2.75, 3.05) is 51.3 Å². The van der Waals surface area contributed by atoms with Gasteiger partial charge in [-0.2, -0.15) is 0 Å². The summed E-state index contributed by atoms with van der Waals surface area (Å²) in [6.45, 7) is 5.60. The molecule has 4 rings (SSSR count). The average molecular weight is 516 g/mol. The third kappa shape index (κ3) is 5.34. The summed E-state index contributed by atoms with van der Waals surface area (Å²) in [6.07, 6.45) is 8.12. The number of anilines is 1. The third-order valence-corrected chi connectivity index (χ3v) is 6.68. The second-order valence-electron chi connectivity index (χ2n) is 8.52. The van der Waals surface area contributed by atoms with Gasteiger partial charge in [-0.25, -0.2) is 4.39 Å². The first-order chi connectivity index (χ1) is 13.7. The second kappa shape index (κ2) is 10.3. The Morgan fingerprint density at radius 2 is 1.90 bits per heavy atom. The first kappa shape index (κ1) is 22.6. The highest BCUT2D eigenvalue weighted by molar-refractivity contribution is 14.0. The van der Waals surface area contributed by atoms with E-state index in [2.05, 4.69) is 20.1 Å². The molecule has 3 fully saturated rings. The zero-order valence-corrected chi connectivity index (χ0v) is 19.8. The lowest BCUT2D eigenvalue weighted by atomic mass is 9.73. The first-order valence-electron chi connectivity index (χ1n) is 10.8. The Hall–Kier alpha value is -1.09. The van der Waals surface area contributed by atoms with Crippen LogP contribution in [-0.4, -0.2) is 57.3 Å². The van der Waals surface area contributed by atoms with Crippen LogP contribution < -0.4 is 10.2 Å². The number of ether oxygens (including phenoxy) is 1. The first-order valence-corrected chi connectivity index (χ1v) is 10.8. The second-order valence-corrected chi connectivity index (χ2v) is 8.52. The van der Waals surface area contributed by atoms with Crippen molar-refractivity contribution in [1.82, 2.24) is 10.2 Å². The molecule has 2 aliphatic heterocycles. The Morgan fingerprint density at radius 3 is 2.59 bits per heavy atom. The van der Waals surface area contributed by atoms with Crippen LogP contribution in [-0.2, 0) is 11.3 Å². The highest BCUT2D eigenvalue weighted by atomic mass is 127. The summed E-state index contributed by atoms with van der Waals surface area (Å²) >= 11 is 0. The lowest BCUT2D eigenvalue weighted by molar-refractivity contribution is 0.122. The minimum Gasteiger partial charge on any atom is -0.378 e. The van der Waals surface area contributed by atoms with Gasteiger partial charge in [0.05, 0.1) is 18.9 Å². The number of nitrogens with one attached hydrogen (secondary N) is 1. The van der Waals surface area contributed by atoms with E-state index < -0.39 is 0 Å². The Labute approximate surface area is 191 Å². The number of rotatable bonds is 3. The molecular formula is C22H34FIN4O. The van der Waals surface area contributed by atoms with Crippen LogP contribution in [0.25, 0.3) is 0 Å². The van der Waals surface area contributed by atoms with Gasteiger partial charge in [-0.05, 0) is 42.4 Å². The lowest BCUT2D eigenvalue weighted by Crippen LogP contribution is -2.41. The molecule has 1 aliphatic carbocycles. The Morgan fingerprint density at radius 1 is 1.14 bits per heavy atom. The number of likely N-dealkylation sites (tertiary alicyclic amines) is 1. The molecule has 3 aliphatic rings. The molecule has 1 spiro atoms. The van der Waals surface area contributed by atoms with Gasteiger partial charge in [-0.3, -0.25) is 4.99 Å². The summed E-state index contributed by atoms with van der Waals surface area (Å²) in [5.74, 6) is 0.790. The lowest BCUT2D eigenvalue weighted by Gasteiger charge is -2.33. The summed E-state index contributed by atoms with van der Waals surface area (Å²) in [5.41, 5.74) is 2.12. The molecule has 162 valence electrons. The molecule has 7 heteroatoms. The Bertz CT molecular complexity index is 702. The molecule has 5 nitrogen and oxygen atoms in total. The SMILES string of the molecule is CN=C(NCc1ccc(N2CCOCC2)c(F)c1)N1CCC2(CCCCC2)C1.I. The van der Waals surface area contributed by atoms with E-state index in [0.29, 0.717) is 30.9 Å². The van der Waals surface area contributed by atoms with E-state index >= 15 is 0 Å². The van der Waals surface area contributed by atoms with Crippen LogP contribution in [0.4, 0.5) is 10.1 Å². The molecule has 1 N–H and O–H groups in total. The predicted octanol–water partition coefficient (Wildman–Crippen LogP) is 4.01. The van der Waals surface area contributed by atoms with Crippen molar-refractivity contribution in [1.29, 1.82) is 0 Å². The molecule has 29 heavy (non-hydrogen) atoms. The number of hydrogen-bond acceptors (Lipinski definition) is 3. The predicted molar refractivity (Wildman–Crippen MR) is 127 cm³/mol. The summed E-state index contributed by atoms with van der Waals surface area (Å²) in [4.78, 5) is 8.94. The van der Waals surface area contributed by atoms with Crippen molar-refractivity contribution in [2.45, 2.75) is 45.1 Å². The summed E-state index contributed by atoms with van der Waals surface area (Å²) in [7, 11) is 1.84. The van der Waals surface area contributed by atoms with Crippen molar-refractivity contribution in [2.24, 2.45) is 10.4 Å². The average Bonchev–Trinajstić information content (AvgIpc) is 3.13. The van der Waals surface area contributed by atoms with E-state index in [1.165, 1.54) is 38.5 Å². The molecule has 1 aromatic carbocycles. The fourth-order valence-corrected chi connectivity index (χ4v) is 5.06. The number of morpholine rings is 1. The standard InChI is InChI=1S/C22H33FN4O.HI/c1-24-21(27-10-9-22(17-27)7-3-2-4-8-22)25-16-18-5-6-20(19(23)15-18)26-11-13-28-14-12-26;/h5-6,15H,2-4,7-14,16-17H2,1H3,(H,24,25);1H. The van der Waals surface area contributed by atoms with Crippen LogP contribution >= 0.6 is 24.0 Å². The van der Waals surface area contributed by atoms with E-state index in [4.69, 9.17) is 4.74 Å². The molecule has 0 bridgehead atoms. The highest BCUT2D eigenvalue weighted by Gasteiger charge is 2.39. The minimum absolute atomic E-state index is 0. The van der Waals surface area contributed by atoms with Crippen molar-refractivity contribution in [3.63, 3.8) is 0 Å². The number of guanidine groups is 1. The van der Waals surface area contributed by atoms with Crippen molar-refractivity contribution in [3.8, 4) is 0 Å². The fourth-order valence-electron chi connectivity index (χ4n) is 5.06. The summed E-state index contributed by atoms with van der Waals surface area (Å²) in [6, 6.07) is 5.56. The van der Waals surface area contributed by atoms with Gasteiger partial charge < -0.3 is 19.9 Å². The van der Waals surface area contributed by atoms with Crippen molar-refractivity contribution >= 4 is 35.6 Å². The largest absolute Gasteiger partial charge is 0.378 e. The maximum Gasteiger partial charge on any atom is 0.193 e. The quantitative estimate of drug-likeness (QED) is 0.375. The van der Waals surface area contributed by atoms with Gasteiger partial charge in [-0.15, -0.1) is 24.0 Å². The van der Waals surface area contributed by atoms with Crippen LogP contribution in [0.2, 0.25) is 0 Å². The van der Waals surface area contributed by atoms with Gasteiger partial charge in [0, 0.05) is 39.8 Å². The molecule has 0 unspecified atom stereocenters. The maximum atomic E-state index is 14.6. The molecule has 0 radical (unpaired) electrons. The van der Waals surface area contributed by atoms with Gasteiger partial charge in [-0.1, -0.05) is 25.3 Å². The van der Waals surface area contributed by atoms with Gasteiger partial charge in [0.25, 0.3) is 0 Å². The van der Waals surface area contributed by atoms with Crippen molar-refractivity contribution < 1.29 is 9.13 Å².